The van der Waals surface area contributed by atoms with E-state index in [1.807, 2.05) is 60.7 Å². The van der Waals surface area contributed by atoms with Gasteiger partial charge in [0.15, 0.2) is 0 Å². The Morgan fingerprint density at radius 3 is 2.12 bits per heavy atom. The summed E-state index contributed by atoms with van der Waals surface area (Å²) in [5.74, 6) is -1.12. The molecule has 1 aliphatic rings. The normalized spacial score (nSPS) is 18.1. The van der Waals surface area contributed by atoms with Gasteiger partial charge >= 0.3 is 6.03 Å². The molecule has 2 atom stereocenters. The zero-order chi connectivity index (χ0) is 17.8. The summed E-state index contributed by atoms with van der Waals surface area (Å²) in [6.45, 7) is 0. The summed E-state index contributed by atoms with van der Waals surface area (Å²) in [5.41, 5.74) is 7.24. The Morgan fingerprint density at radius 2 is 1.56 bits per heavy atom. The van der Waals surface area contributed by atoms with Crippen molar-refractivity contribution in [3.8, 4) is 0 Å². The summed E-state index contributed by atoms with van der Waals surface area (Å²) in [4.78, 5) is 37.9. The largest absolute Gasteiger partial charge is 0.368 e. The van der Waals surface area contributed by atoms with E-state index in [9.17, 15) is 14.4 Å². The van der Waals surface area contributed by atoms with Crippen molar-refractivity contribution in [2.45, 2.75) is 24.9 Å². The molecule has 3 N–H and O–H groups in total. The van der Waals surface area contributed by atoms with Crippen molar-refractivity contribution in [3.05, 3.63) is 71.8 Å². The number of nitrogens with one attached hydrogen (secondary N) is 1. The van der Waals surface area contributed by atoms with Gasteiger partial charge in [0, 0.05) is 12.8 Å². The summed E-state index contributed by atoms with van der Waals surface area (Å²) in [7, 11) is 0. The van der Waals surface area contributed by atoms with Gasteiger partial charge in [-0.15, -0.1) is 0 Å². The molecule has 3 rings (SSSR count). The van der Waals surface area contributed by atoms with Crippen LogP contribution in [-0.2, 0) is 22.4 Å². The lowest BCUT2D eigenvalue weighted by Crippen LogP contribution is -2.49. The molecule has 0 bridgehead atoms. The fourth-order valence-electron chi connectivity index (χ4n) is 2.99. The number of nitrogens with zero attached hydrogens (tertiary/aromatic N) is 1. The van der Waals surface area contributed by atoms with Crippen LogP contribution in [0, 0.1) is 0 Å². The average Bonchev–Trinajstić information content (AvgIpc) is 2.88. The number of hydrogen-bond acceptors (Lipinski definition) is 3. The molecule has 25 heavy (non-hydrogen) atoms. The number of benzene rings is 2. The Hall–Kier alpha value is -3.15. The second kappa shape index (κ2) is 7.17. The van der Waals surface area contributed by atoms with Crippen LogP contribution in [0.5, 0.6) is 0 Å². The lowest BCUT2D eigenvalue weighted by atomic mass is 10.0. The highest BCUT2D eigenvalue weighted by Crippen LogP contribution is 2.18. The molecule has 4 amide bonds. The van der Waals surface area contributed by atoms with Crippen LogP contribution in [0.15, 0.2) is 60.7 Å². The molecule has 0 aliphatic carbocycles. The Morgan fingerprint density at radius 1 is 1.00 bits per heavy atom. The van der Waals surface area contributed by atoms with Gasteiger partial charge in [0.05, 0.1) is 0 Å². The first-order valence-electron chi connectivity index (χ1n) is 8.07. The van der Waals surface area contributed by atoms with E-state index in [1.54, 1.807) is 0 Å². The van der Waals surface area contributed by atoms with Crippen LogP contribution in [-0.4, -0.2) is 34.8 Å². The van der Waals surface area contributed by atoms with E-state index in [0.29, 0.717) is 6.42 Å². The van der Waals surface area contributed by atoms with E-state index in [0.717, 1.165) is 16.0 Å². The van der Waals surface area contributed by atoms with Crippen molar-refractivity contribution in [2.75, 3.05) is 0 Å². The van der Waals surface area contributed by atoms with E-state index >= 15 is 0 Å². The van der Waals surface area contributed by atoms with E-state index < -0.39 is 29.9 Å². The first kappa shape index (κ1) is 16.7. The summed E-state index contributed by atoms with van der Waals surface area (Å²) >= 11 is 0. The highest BCUT2D eigenvalue weighted by molar-refractivity contribution is 6.07. The quantitative estimate of drug-likeness (QED) is 0.777. The number of carbonyl (C=O) groups excluding carboxylic acids is 3. The monoisotopic (exact) mass is 337 g/mol. The van der Waals surface area contributed by atoms with Crippen LogP contribution in [0.2, 0.25) is 0 Å². The fourth-order valence-corrected chi connectivity index (χ4v) is 2.99. The molecule has 0 saturated carbocycles. The maximum Gasteiger partial charge on any atom is 0.325 e. The van der Waals surface area contributed by atoms with Crippen molar-refractivity contribution in [2.24, 2.45) is 5.73 Å². The minimum Gasteiger partial charge on any atom is -0.368 e. The topological polar surface area (TPSA) is 92.5 Å². The Bertz CT molecular complexity index is 777. The lowest BCUT2D eigenvalue weighted by Gasteiger charge is -2.22. The Labute approximate surface area is 145 Å². The summed E-state index contributed by atoms with van der Waals surface area (Å²) in [6.07, 6.45) is 0.576. The predicted octanol–water partition coefficient (Wildman–Crippen LogP) is 1.25. The van der Waals surface area contributed by atoms with Crippen molar-refractivity contribution >= 4 is 17.8 Å². The molecule has 6 nitrogen and oxygen atoms in total. The number of nitrogens with two attached hydrogens (primary N) is 1. The van der Waals surface area contributed by atoms with Gasteiger partial charge in [-0.3, -0.25) is 9.59 Å². The van der Waals surface area contributed by atoms with Crippen LogP contribution < -0.4 is 11.1 Å². The number of primary amides is 1. The van der Waals surface area contributed by atoms with Crippen LogP contribution in [0.4, 0.5) is 4.79 Å². The van der Waals surface area contributed by atoms with Gasteiger partial charge in [0.1, 0.15) is 12.1 Å². The first-order valence-corrected chi connectivity index (χ1v) is 8.07. The SMILES string of the molecule is NC(=O)[C@H](Cc1ccccc1)N1C(=O)N[C@@H](Cc2ccccc2)C1=O. The average molecular weight is 337 g/mol. The van der Waals surface area contributed by atoms with Crippen LogP contribution >= 0.6 is 0 Å². The van der Waals surface area contributed by atoms with Gasteiger partial charge in [-0.25, -0.2) is 9.69 Å². The molecule has 1 heterocycles. The van der Waals surface area contributed by atoms with E-state index in [4.69, 9.17) is 5.73 Å². The maximum atomic E-state index is 12.7. The molecule has 2 aromatic rings. The van der Waals surface area contributed by atoms with E-state index in [-0.39, 0.29) is 6.42 Å². The molecular weight excluding hydrogens is 318 g/mol. The van der Waals surface area contributed by atoms with Gasteiger partial charge in [-0.1, -0.05) is 60.7 Å². The Kier molecular flexibility index (Phi) is 4.79. The number of rotatable bonds is 6. The van der Waals surface area contributed by atoms with Gasteiger partial charge in [0.25, 0.3) is 5.91 Å². The predicted molar refractivity (Wildman–Crippen MR) is 92.4 cm³/mol. The maximum absolute atomic E-state index is 12.7. The van der Waals surface area contributed by atoms with Crippen LogP contribution in [0.1, 0.15) is 11.1 Å². The second-order valence-electron chi connectivity index (χ2n) is 6.01. The third kappa shape index (κ3) is 3.68. The van der Waals surface area contributed by atoms with Crippen molar-refractivity contribution < 1.29 is 14.4 Å². The van der Waals surface area contributed by atoms with Gasteiger partial charge in [-0.2, -0.15) is 0 Å². The molecule has 6 heteroatoms. The van der Waals surface area contributed by atoms with Crippen LogP contribution in [0.25, 0.3) is 0 Å². The molecule has 0 radical (unpaired) electrons. The van der Waals surface area contributed by atoms with Gasteiger partial charge in [-0.05, 0) is 11.1 Å². The molecule has 1 aliphatic heterocycles. The van der Waals surface area contributed by atoms with Crippen LogP contribution in [0.3, 0.4) is 0 Å². The van der Waals surface area contributed by atoms with Gasteiger partial charge in [0.2, 0.25) is 5.91 Å². The molecule has 2 aromatic carbocycles. The van der Waals surface area contributed by atoms with Crippen molar-refractivity contribution in [1.82, 2.24) is 10.2 Å². The highest BCUT2D eigenvalue weighted by Gasteiger charge is 2.43. The molecule has 0 aromatic heterocycles. The third-order valence-corrected chi connectivity index (χ3v) is 4.25. The number of urea groups is 1. The number of imide groups is 1. The second-order valence-corrected chi connectivity index (χ2v) is 6.01. The van der Waals surface area contributed by atoms with Gasteiger partial charge < -0.3 is 11.1 Å². The first-order chi connectivity index (χ1) is 12.1. The summed E-state index contributed by atoms with van der Waals surface area (Å²) in [6, 6.07) is 16.3. The van der Waals surface area contributed by atoms with Crippen molar-refractivity contribution in [3.63, 3.8) is 0 Å². The summed E-state index contributed by atoms with van der Waals surface area (Å²) in [5, 5.41) is 2.65. The zero-order valence-corrected chi connectivity index (χ0v) is 13.6. The minimum atomic E-state index is -1.00. The van der Waals surface area contributed by atoms with E-state index in [1.165, 1.54) is 0 Å². The molecule has 1 saturated heterocycles. The molecule has 0 spiro atoms. The van der Waals surface area contributed by atoms with E-state index in [2.05, 4.69) is 5.32 Å². The minimum absolute atomic E-state index is 0.202. The highest BCUT2D eigenvalue weighted by atomic mass is 16.2. The number of carbonyl (C=O) groups is 3. The van der Waals surface area contributed by atoms with Crippen molar-refractivity contribution in [1.29, 1.82) is 0 Å². The molecular formula is C19H19N3O3. The third-order valence-electron chi connectivity index (χ3n) is 4.25. The lowest BCUT2D eigenvalue weighted by molar-refractivity contribution is -0.134. The molecule has 128 valence electrons. The number of hydrogen-bond donors (Lipinski definition) is 2. The fraction of sp³-hybridized carbons (Fsp3) is 0.211. The standard InChI is InChI=1S/C19H19N3O3/c20-17(23)16(12-14-9-5-2-6-10-14)22-18(24)15(21-19(22)25)11-13-7-3-1-4-8-13/h1-10,15-16H,11-12H2,(H2,20,23)(H,21,25)/t15-,16-/m0/s1. The molecule has 1 fully saturated rings. The molecule has 0 unspecified atom stereocenters. The zero-order valence-electron chi connectivity index (χ0n) is 13.6. The Balaban J connectivity index is 1.78. The smallest absolute Gasteiger partial charge is 0.325 e. The number of amides is 4. The summed E-state index contributed by atoms with van der Waals surface area (Å²) < 4.78 is 0.